The lowest BCUT2D eigenvalue weighted by Crippen LogP contribution is -2.04. The molecule has 0 fully saturated rings. The van der Waals surface area contributed by atoms with E-state index in [0.29, 0.717) is 28.7 Å². The van der Waals surface area contributed by atoms with E-state index in [1.165, 1.54) is 13.3 Å². The summed E-state index contributed by atoms with van der Waals surface area (Å²) in [4.78, 5) is 19.3. The van der Waals surface area contributed by atoms with Gasteiger partial charge in [0, 0.05) is 23.7 Å². The van der Waals surface area contributed by atoms with Crippen molar-refractivity contribution in [2.24, 2.45) is 0 Å². The first kappa shape index (κ1) is 16.5. The van der Waals surface area contributed by atoms with E-state index in [1.54, 1.807) is 25.4 Å². The number of nitrogens with zero attached hydrogens (tertiary/aromatic N) is 2. The lowest BCUT2D eigenvalue weighted by molar-refractivity contribution is -0.136. The van der Waals surface area contributed by atoms with Gasteiger partial charge in [-0.25, -0.2) is 0 Å². The molecule has 0 aliphatic rings. The molecule has 1 aromatic carbocycles. The molecule has 0 radical (unpaired) electrons. The molecule has 0 saturated heterocycles. The number of hydrogen-bond donors (Lipinski definition) is 1. The quantitative estimate of drug-likeness (QED) is 0.737. The maximum Gasteiger partial charge on any atom is 0.309 e. The molecule has 128 valence electrons. The molecular weight excluding hydrogens is 324 g/mol. The zero-order chi connectivity index (χ0) is 17.8. The standard InChI is InChI=1S/C18H16N2O5/c1-23-11-3-4-13-14(7-11)19-6-5-16(13)25-12-8-17(24-2)15(20-10-12)9-18(21)22/h3-8,10H,9H2,1-2H3,(H,21,22). The van der Waals surface area contributed by atoms with Crippen LogP contribution in [0.1, 0.15) is 5.69 Å². The molecule has 3 aromatic rings. The summed E-state index contributed by atoms with van der Waals surface area (Å²) < 4.78 is 16.3. The van der Waals surface area contributed by atoms with Crippen molar-refractivity contribution in [2.45, 2.75) is 6.42 Å². The fourth-order valence-electron chi connectivity index (χ4n) is 2.41. The summed E-state index contributed by atoms with van der Waals surface area (Å²) in [5.41, 5.74) is 1.07. The highest BCUT2D eigenvalue weighted by atomic mass is 16.5. The first-order valence-electron chi connectivity index (χ1n) is 7.46. The van der Waals surface area contributed by atoms with Crippen LogP contribution in [0.4, 0.5) is 0 Å². The second-order valence-electron chi connectivity index (χ2n) is 5.18. The Morgan fingerprint density at radius 3 is 2.60 bits per heavy atom. The Kier molecular flexibility index (Phi) is 4.65. The Hall–Kier alpha value is -3.35. The van der Waals surface area contributed by atoms with E-state index < -0.39 is 5.97 Å². The van der Waals surface area contributed by atoms with Crippen molar-refractivity contribution in [2.75, 3.05) is 14.2 Å². The number of benzene rings is 1. The Morgan fingerprint density at radius 2 is 1.88 bits per heavy atom. The SMILES string of the molecule is COc1ccc2c(Oc3cnc(CC(=O)O)c(OC)c3)ccnc2c1. The zero-order valence-electron chi connectivity index (χ0n) is 13.7. The van der Waals surface area contributed by atoms with Gasteiger partial charge in [-0.3, -0.25) is 14.8 Å². The number of carboxylic acid groups (broad SMARTS) is 1. The molecule has 0 spiro atoms. The molecule has 2 aromatic heterocycles. The number of aromatic nitrogens is 2. The molecular formula is C18H16N2O5. The van der Waals surface area contributed by atoms with Gasteiger partial charge >= 0.3 is 5.97 Å². The maximum absolute atomic E-state index is 10.9. The number of carbonyl (C=O) groups is 1. The topological polar surface area (TPSA) is 90.8 Å². The highest BCUT2D eigenvalue weighted by molar-refractivity contribution is 5.86. The van der Waals surface area contributed by atoms with Gasteiger partial charge in [0.1, 0.15) is 23.0 Å². The highest BCUT2D eigenvalue weighted by Crippen LogP contribution is 2.32. The van der Waals surface area contributed by atoms with Crippen LogP contribution in [0.25, 0.3) is 10.9 Å². The van der Waals surface area contributed by atoms with E-state index in [4.69, 9.17) is 19.3 Å². The minimum atomic E-state index is -0.978. The molecule has 0 aliphatic heterocycles. The van der Waals surface area contributed by atoms with Crippen LogP contribution < -0.4 is 14.2 Å². The van der Waals surface area contributed by atoms with E-state index in [0.717, 1.165) is 10.9 Å². The molecule has 0 aliphatic carbocycles. The summed E-state index contributed by atoms with van der Waals surface area (Å²) in [6, 6.07) is 8.86. The smallest absolute Gasteiger partial charge is 0.309 e. The summed E-state index contributed by atoms with van der Waals surface area (Å²) in [6.07, 6.45) is 2.89. The molecule has 0 atom stereocenters. The third-order valence-electron chi connectivity index (χ3n) is 3.58. The van der Waals surface area contributed by atoms with Crippen LogP contribution in [0.15, 0.2) is 42.7 Å². The minimum absolute atomic E-state index is 0.221. The number of rotatable bonds is 6. The van der Waals surface area contributed by atoms with E-state index in [2.05, 4.69) is 9.97 Å². The van der Waals surface area contributed by atoms with E-state index in [1.807, 2.05) is 18.2 Å². The van der Waals surface area contributed by atoms with Crippen molar-refractivity contribution >= 4 is 16.9 Å². The molecule has 25 heavy (non-hydrogen) atoms. The van der Waals surface area contributed by atoms with Crippen molar-refractivity contribution < 1.29 is 24.1 Å². The molecule has 0 saturated carbocycles. The van der Waals surface area contributed by atoms with Gasteiger partial charge < -0.3 is 19.3 Å². The molecule has 0 bridgehead atoms. The molecule has 3 rings (SSSR count). The monoisotopic (exact) mass is 340 g/mol. The Labute approximate surface area is 143 Å². The van der Waals surface area contributed by atoms with Gasteiger partial charge in [-0.2, -0.15) is 0 Å². The molecule has 2 heterocycles. The van der Waals surface area contributed by atoms with E-state index in [9.17, 15) is 4.79 Å². The molecule has 7 heteroatoms. The predicted octanol–water partition coefficient (Wildman–Crippen LogP) is 3.07. The van der Waals surface area contributed by atoms with Crippen LogP contribution in [0, 0.1) is 0 Å². The second kappa shape index (κ2) is 7.04. The summed E-state index contributed by atoms with van der Waals surface area (Å²) in [5.74, 6) is 1.13. The van der Waals surface area contributed by atoms with Crippen LogP contribution in [-0.4, -0.2) is 35.3 Å². The summed E-state index contributed by atoms with van der Waals surface area (Å²) in [7, 11) is 3.05. The van der Waals surface area contributed by atoms with Gasteiger partial charge in [0.2, 0.25) is 0 Å². The van der Waals surface area contributed by atoms with Crippen molar-refractivity contribution in [1.82, 2.24) is 9.97 Å². The van der Waals surface area contributed by atoms with Gasteiger partial charge in [-0.1, -0.05) is 0 Å². The maximum atomic E-state index is 10.9. The zero-order valence-corrected chi connectivity index (χ0v) is 13.7. The first-order valence-corrected chi connectivity index (χ1v) is 7.46. The lowest BCUT2D eigenvalue weighted by atomic mass is 10.2. The molecule has 7 nitrogen and oxygen atoms in total. The number of fused-ring (bicyclic) bond motifs is 1. The van der Waals surface area contributed by atoms with Crippen LogP contribution in [0.3, 0.4) is 0 Å². The van der Waals surface area contributed by atoms with Crippen molar-refractivity contribution in [3.05, 3.63) is 48.4 Å². The average Bonchev–Trinajstić information content (AvgIpc) is 2.62. The van der Waals surface area contributed by atoms with Crippen molar-refractivity contribution in [3.63, 3.8) is 0 Å². The molecule has 0 unspecified atom stereocenters. The predicted molar refractivity (Wildman–Crippen MR) is 90.5 cm³/mol. The van der Waals surface area contributed by atoms with Gasteiger partial charge in [0.05, 0.1) is 38.0 Å². The van der Waals surface area contributed by atoms with Crippen LogP contribution >= 0.6 is 0 Å². The fourth-order valence-corrected chi connectivity index (χ4v) is 2.41. The second-order valence-corrected chi connectivity index (χ2v) is 5.18. The van der Waals surface area contributed by atoms with Crippen LogP contribution in [0.5, 0.6) is 23.0 Å². The van der Waals surface area contributed by atoms with Gasteiger partial charge in [0.15, 0.2) is 0 Å². The summed E-state index contributed by atoms with van der Waals surface area (Å²) in [5, 5.41) is 9.73. The Bertz CT molecular complexity index is 926. The molecule has 0 amide bonds. The fraction of sp³-hybridized carbons (Fsp3) is 0.167. The van der Waals surface area contributed by atoms with E-state index >= 15 is 0 Å². The van der Waals surface area contributed by atoms with Gasteiger partial charge in [0.25, 0.3) is 0 Å². The number of aliphatic carboxylic acids is 1. The first-order chi connectivity index (χ1) is 12.1. The minimum Gasteiger partial charge on any atom is -0.497 e. The third-order valence-corrected chi connectivity index (χ3v) is 3.58. The van der Waals surface area contributed by atoms with Gasteiger partial charge in [-0.15, -0.1) is 0 Å². The largest absolute Gasteiger partial charge is 0.497 e. The lowest BCUT2D eigenvalue weighted by Gasteiger charge is -2.11. The van der Waals surface area contributed by atoms with Crippen LogP contribution in [0.2, 0.25) is 0 Å². The number of carboxylic acids is 1. The summed E-state index contributed by atoms with van der Waals surface area (Å²) in [6.45, 7) is 0. The number of hydrogen-bond acceptors (Lipinski definition) is 6. The Morgan fingerprint density at radius 1 is 1.04 bits per heavy atom. The van der Waals surface area contributed by atoms with Gasteiger partial charge in [-0.05, 0) is 18.2 Å². The number of ether oxygens (including phenoxy) is 3. The third kappa shape index (κ3) is 3.60. The van der Waals surface area contributed by atoms with E-state index in [-0.39, 0.29) is 6.42 Å². The highest BCUT2D eigenvalue weighted by Gasteiger charge is 2.12. The van der Waals surface area contributed by atoms with Crippen LogP contribution in [-0.2, 0) is 11.2 Å². The average molecular weight is 340 g/mol. The normalized spacial score (nSPS) is 10.5. The van der Waals surface area contributed by atoms with Crippen molar-refractivity contribution in [1.29, 1.82) is 0 Å². The summed E-state index contributed by atoms with van der Waals surface area (Å²) >= 11 is 0. The molecule has 1 N–H and O–H groups in total. The Balaban J connectivity index is 1.94. The number of pyridine rings is 2. The number of methoxy groups -OCH3 is 2. The van der Waals surface area contributed by atoms with Crippen molar-refractivity contribution in [3.8, 4) is 23.0 Å².